The quantitative estimate of drug-likeness (QED) is 0.665. The van der Waals surface area contributed by atoms with Crippen molar-refractivity contribution in [2.24, 2.45) is 0 Å². The van der Waals surface area contributed by atoms with E-state index in [1.807, 2.05) is 11.8 Å². The van der Waals surface area contributed by atoms with Gasteiger partial charge in [0, 0.05) is 23.5 Å². The number of hydrogen-bond acceptors (Lipinski definition) is 2. The van der Waals surface area contributed by atoms with Crippen LogP contribution in [0.2, 0.25) is 0 Å². The second-order valence-corrected chi connectivity index (χ2v) is 4.19. The minimum absolute atomic E-state index is 0.875. The van der Waals surface area contributed by atoms with E-state index in [1.54, 1.807) is 0 Å². The molecule has 1 nitrogen and oxygen atoms in total. The minimum Gasteiger partial charge on any atom is -0.454 e. The number of aryl methyl sites for hydroxylation is 1. The smallest absolute Gasteiger partial charge is 0.169 e. The van der Waals surface area contributed by atoms with Crippen LogP contribution in [0.1, 0.15) is 11.3 Å². The van der Waals surface area contributed by atoms with Crippen LogP contribution in [0, 0.1) is 0 Å². The molecular weight excluding hydrogens is 212 g/mol. The van der Waals surface area contributed by atoms with Gasteiger partial charge in [-0.3, -0.25) is 0 Å². The maximum atomic E-state index is 5.41. The topological polar surface area (TPSA) is 13.1 Å². The van der Waals surface area contributed by atoms with Crippen LogP contribution in [0.3, 0.4) is 0 Å². The van der Waals surface area contributed by atoms with Crippen LogP contribution < -0.4 is 0 Å². The lowest BCUT2D eigenvalue weighted by atomic mass is 10.2. The Labute approximate surface area is 72.3 Å². The van der Waals surface area contributed by atoms with Crippen LogP contribution in [-0.2, 0) is 12.2 Å². The molecule has 0 amide bonds. The van der Waals surface area contributed by atoms with Gasteiger partial charge in [0.1, 0.15) is 5.76 Å². The number of furan rings is 1. The van der Waals surface area contributed by atoms with Gasteiger partial charge in [-0.2, -0.15) is 11.8 Å². The molecule has 0 spiro atoms. The summed E-state index contributed by atoms with van der Waals surface area (Å²) in [5.41, 5.74) is 1.36. The van der Waals surface area contributed by atoms with E-state index in [0.717, 1.165) is 16.8 Å². The minimum atomic E-state index is 0.875. The van der Waals surface area contributed by atoms with Crippen molar-refractivity contribution in [1.82, 2.24) is 0 Å². The van der Waals surface area contributed by atoms with Gasteiger partial charge in [-0.25, -0.2) is 0 Å². The van der Waals surface area contributed by atoms with Crippen LogP contribution in [-0.4, -0.2) is 5.75 Å². The van der Waals surface area contributed by atoms with Crippen molar-refractivity contribution in [1.29, 1.82) is 0 Å². The third kappa shape index (κ3) is 1.12. The van der Waals surface area contributed by atoms with Gasteiger partial charge in [0.15, 0.2) is 4.67 Å². The third-order valence-electron chi connectivity index (χ3n) is 1.60. The van der Waals surface area contributed by atoms with E-state index < -0.39 is 0 Å². The summed E-state index contributed by atoms with van der Waals surface area (Å²) in [5.74, 6) is 3.49. The number of fused-ring (bicyclic) bond motifs is 1. The van der Waals surface area contributed by atoms with Crippen LogP contribution in [0.15, 0.2) is 15.2 Å². The van der Waals surface area contributed by atoms with Gasteiger partial charge >= 0.3 is 0 Å². The zero-order valence-electron chi connectivity index (χ0n) is 5.39. The molecule has 1 aliphatic rings. The Morgan fingerprint density at radius 3 is 3.30 bits per heavy atom. The SMILES string of the molecule is Brc1cc2c(o1)CCSC2. The molecule has 0 radical (unpaired) electrons. The molecule has 0 fully saturated rings. The van der Waals surface area contributed by atoms with Crippen molar-refractivity contribution in [3.8, 4) is 0 Å². The summed E-state index contributed by atoms with van der Waals surface area (Å²) in [6.45, 7) is 0. The molecule has 0 unspecified atom stereocenters. The molecule has 1 aromatic heterocycles. The maximum absolute atomic E-state index is 5.41. The highest BCUT2D eigenvalue weighted by molar-refractivity contribution is 9.10. The van der Waals surface area contributed by atoms with Crippen LogP contribution in [0.5, 0.6) is 0 Å². The third-order valence-corrected chi connectivity index (χ3v) is 3.00. The number of thioether (sulfide) groups is 1. The zero-order valence-corrected chi connectivity index (χ0v) is 7.80. The van der Waals surface area contributed by atoms with Crippen molar-refractivity contribution in [3.63, 3.8) is 0 Å². The highest BCUT2D eigenvalue weighted by Crippen LogP contribution is 2.29. The molecule has 0 atom stereocenters. The maximum Gasteiger partial charge on any atom is 0.169 e. The summed E-state index contributed by atoms with van der Waals surface area (Å²) in [6, 6.07) is 2.07. The summed E-state index contributed by atoms with van der Waals surface area (Å²) in [5, 5.41) is 0. The fraction of sp³-hybridized carbons (Fsp3) is 0.429. The van der Waals surface area contributed by atoms with E-state index in [2.05, 4.69) is 22.0 Å². The summed E-state index contributed by atoms with van der Waals surface area (Å²) >= 11 is 5.29. The molecule has 10 heavy (non-hydrogen) atoms. The second-order valence-electron chi connectivity index (χ2n) is 2.30. The number of rotatable bonds is 0. The molecule has 1 aliphatic heterocycles. The summed E-state index contributed by atoms with van der Waals surface area (Å²) < 4.78 is 6.28. The van der Waals surface area contributed by atoms with E-state index >= 15 is 0 Å². The van der Waals surface area contributed by atoms with Gasteiger partial charge in [-0.15, -0.1) is 0 Å². The molecule has 0 aromatic carbocycles. The number of halogens is 1. The van der Waals surface area contributed by atoms with E-state index in [9.17, 15) is 0 Å². The van der Waals surface area contributed by atoms with Gasteiger partial charge in [-0.1, -0.05) is 0 Å². The average molecular weight is 219 g/mol. The first-order valence-corrected chi connectivity index (χ1v) is 5.16. The Kier molecular flexibility index (Phi) is 1.78. The summed E-state index contributed by atoms with van der Waals surface area (Å²) in [4.78, 5) is 0. The molecule has 0 aliphatic carbocycles. The molecule has 0 N–H and O–H groups in total. The van der Waals surface area contributed by atoms with Crippen LogP contribution in [0.25, 0.3) is 0 Å². The largest absolute Gasteiger partial charge is 0.454 e. The number of hydrogen-bond donors (Lipinski definition) is 0. The average Bonchev–Trinajstić information content (AvgIpc) is 2.27. The van der Waals surface area contributed by atoms with Gasteiger partial charge in [0.25, 0.3) is 0 Å². The first kappa shape index (κ1) is 6.80. The summed E-state index contributed by atoms with van der Waals surface area (Å²) in [6.07, 6.45) is 1.09. The predicted molar refractivity (Wildman–Crippen MR) is 46.3 cm³/mol. The van der Waals surface area contributed by atoms with Crippen LogP contribution in [0.4, 0.5) is 0 Å². The Morgan fingerprint density at radius 2 is 2.50 bits per heavy atom. The van der Waals surface area contributed by atoms with E-state index in [0.29, 0.717) is 0 Å². The zero-order chi connectivity index (χ0) is 6.97. The molecule has 3 heteroatoms. The molecule has 1 aromatic rings. The monoisotopic (exact) mass is 218 g/mol. The lowest BCUT2D eigenvalue weighted by Gasteiger charge is -2.06. The van der Waals surface area contributed by atoms with Gasteiger partial charge in [0.05, 0.1) is 0 Å². The van der Waals surface area contributed by atoms with Crippen molar-refractivity contribution in [3.05, 3.63) is 22.1 Å². The molecule has 0 bridgehead atoms. The van der Waals surface area contributed by atoms with E-state index in [-0.39, 0.29) is 0 Å². The molecule has 0 saturated heterocycles. The highest BCUT2D eigenvalue weighted by atomic mass is 79.9. The Balaban J connectivity index is 2.41. The van der Waals surface area contributed by atoms with E-state index in [4.69, 9.17) is 4.42 Å². The first-order valence-electron chi connectivity index (χ1n) is 3.21. The van der Waals surface area contributed by atoms with Crippen molar-refractivity contribution >= 4 is 27.7 Å². The lowest BCUT2D eigenvalue weighted by molar-refractivity contribution is 0.491. The Morgan fingerprint density at radius 1 is 1.60 bits per heavy atom. The molecule has 2 heterocycles. The van der Waals surface area contributed by atoms with Crippen molar-refractivity contribution < 1.29 is 4.42 Å². The fourth-order valence-electron chi connectivity index (χ4n) is 1.11. The van der Waals surface area contributed by atoms with Gasteiger partial charge in [-0.05, 0) is 22.0 Å². The van der Waals surface area contributed by atoms with E-state index in [1.165, 1.54) is 17.1 Å². The van der Waals surface area contributed by atoms with Gasteiger partial charge < -0.3 is 4.42 Å². The van der Waals surface area contributed by atoms with Crippen LogP contribution >= 0.6 is 27.7 Å². The lowest BCUT2D eigenvalue weighted by Crippen LogP contribution is -1.97. The standard InChI is InChI=1S/C7H7BrOS/c8-7-3-5-4-10-2-1-6(5)9-7/h3H,1-2,4H2. The molecule has 2 rings (SSSR count). The van der Waals surface area contributed by atoms with Gasteiger partial charge in [0.2, 0.25) is 0 Å². The molecule has 54 valence electrons. The highest BCUT2D eigenvalue weighted by Gasteiger charge is 2.13. The predicted octanol–water partition coefficient (Wildman–Crippen LogP) is 2.83. The molecular formula is C7H7BrOS. The molecule has 0 saturated carbocycles. The Hall–Kier alpha value is 0.110. The fourth-order valence-corrected chi connectivity index (χ4v) is 2.52. The Bertz CT molecular complexity index is 220. The van der Waals surface area contributed by atoms with Crippen molar-refractivity contribution in [2.45, 2.75) is 12.2 Å². The second kappa shape index (κ2) is 2.62. The van der Waals surface area contributed by atoms with Crippen molar-refractivity contribution in [2.75, 3.05) is 5.75 Å². The first-order chi connectivity index (χ1) is 4.86. The normalized spacial score (nSPS) is 16.9. The summed E-state index contributed by atoms with van der Waals surface area (Å²) in [7, 11) is 0.